The zero-order valence-electron chi connectivity index (χ0n) is 21.0. The molecular weight excluding hydrogens is 474 g/mol. The molecule has 2 amide bonds. The Morgan fingerprint density at radius 2 is 1.38 bits per heavy atom. The minimum Gasteiger partial charge on any atom is -0.497 e. The number of piperazine rings is 1. The standard InChI is InChI=1S/C28H29N3O6/c1-35-22-15-21(16-23(18-22)36-2)26(32)29-24-17-20(28(34)37-3)9-10-25(24)30-11-13-31(14-12-30)27(33)19-7-5-4-6-8-19/h4-10,15-18H,11-14H2,1-3H3,(H,29,32). The molecule has 0 aliphatic carbocycles. The molecule has 1 heterocycles. The van der Waals surface area contributed by atoms with Crippen LogP contribution in [-0.4, -0.2) is 70.2 Å². The summed E-state index contributed by atoms with van der Waals surface area (Å²) in [5.74, 6) is 0.0444. The van der Waals surface area contributed by atoms with Crippen molar-refractivity contribution in [1.29, 1.82) is 0 Å². The number of carbonyl (C=O) groups excluding carboxylic acids is 3. The molecule has 37 heavy (non-hydrogen) atoms. The molecule has 0 unspecified atom stereocenters. The Labute approximate surface area is 215 Å². The van der Waals surface area contributed by atoms with Crippen LogP contribution in [-0.2, 0) is 4.74 Å². The highest BCUT2D eigenvalue weighted by molar-refractivity contribution is 6.07. The van der Waals surface area contributed by atoms with Gasteiger partial charge in [-0.05, 0) is 42.5 Å². The van der Waals surface area contributed by atoms with Gasteiger partial charge in [0.1, 0.15) is 11.5 Å². The molecule has 1 N–H and O–H groups in total. The lowest BCUT2D eigenvalue weighted by Crippen LogP contribution is -2.49. The number of amides is 2. The van der Waals surface area contributed by atoms with Crippen molar-refractivity contribution in [3.8, 4) is 11.5 Å². The van der Waals surface area contributed by atoms with Crippen LogP contribution in [0.1, 0.15) is 31.1 Å². The molecule has 9 nitrogen and oxygen atoms in total. The Bertz CT molecular complexity index is 1260. The molecule has 1 aliphatic heterocycles. The summed E-state index contributed by atoms with van der Waals surface area (Å²) in [6.07, 6.45) is 0. The second kappa shape index (κ2) is 11.5. The van der Waals surface area contributed by atoms with Crippen molar-refractivity contribution in [2.45, 2.75) is 0 Å². The highest BCUT2D eigenvalue weighted by Crippen LogP contribution is 2.30. The van der Waals surface area contributed by atoms with Gasteiger partial charge < -0.3 is 29.3 Å². The fraction of sp³-hybridized carbons (Fsp3) is 0.250. The van der Waals surface area contributed by atoms with Crippen LogP contribution in [0.5, 0.6) is 11.5 Å². The first-order valence-electron chi connectivity index (χ1n) is 11.8. The van der Waals surface area contributed by atoms with Gasteiger partial charge in [0.15, 0.2) is 0 Å². The minimum atomic E-state index is -0.511. The maximum atomic E-state index is 13.2. The van der Waals surface area contributed by atoms with Crippen molar-refractivity contribution in [2.24, 2.45) is 0 Å². The van der Waals surface area contributed by atoms with Gasteiger partial charge in [-0.2, -0.15) is 0 Å². The van der Waals surface area contributed by atoms with Crippen LogP contribution < -0.4 is 19.7 Å². The summed E-state index contributed by atoms with van der Waals surface area (Å²) in [7, 11) is 4.33. The van der Waals surface area contributed by atoms with Crippen molar-refractivity contribution in [2.75, 3.05) is 57.7 Å². The van der Waals surface area contributed by atoms with Crippen LogP contribution in [0.4, 0.5) is 11.4 Å². The average molecular weight is 504 g/mol. The molecule has 0 aromatic heterocycles. The first kappa shape index (κ1) is 25.6. The number of hydrogen-bond donors (Lipinski definition) is 1. The molecule has 0 saturated carbocycles. The Morgan fingerprint density at radius 3 is 1.97 bits per heavy atom. The zero-order valence-corrected chi connectivity index (χ0v) is 21.0. The summed E-state index contributed by atoms with van der Waals surface area (Å²) in [6.45, 7) is 2.16. The van der Waals surface area contributed by atoms with Crippen molar-refractivity contribution in [3.05, 3.63) is 83.4 Å². The van der Waals surface area contributed by atoms with Gasteiger partial charge in [-0.3, -0.25) is 9.59 Å². The van der Waals surface area contributed by atoms with Crippen molar-refractivity contribution in [3.63, 3.8) is 0 Å². The van der Waals surface area contributed by atoms with Crippen molar-refractivity contribution < 1.29 is 28.6 Å². The van der Waals surface area contributed by atoms with Gasteiger partial charge in [-0.1, -0.05) is 18.2 Å². The monoisotopic (exact) mass is 503 g/mol. The predicted octanol–water partition coefficient (Wildman–Crippen LogP) is 3.71. The van der Waals surface area contributed by atoms with Gasteiger partial charge in [0, 0.05) is 43.4 Å². The summed E-state index contributed by atoms with van der Waals surface area (Å²) in [6, 6.07) is 19.1. The molecule has 0 spiro atoms. The van der Waals surface area contributed by atoms with E-state index in [4.69, 9.17) is 14.2 Å². The number of rotatable bonds is 7. The second-order valence-electron chi connectivity index (χ2n) is 8.42. The van der Waals surface area contributed by atoms with Gasteiger partial charge >= 0.3 is 5.97 Å². The highest BCUT2D eigenvalue weighted by atomic mass is 16.5. The van der Waals surface area contributed by atoms with E-state index in [1.54, 1.807) is 48.5 Å². The summed E-state index contributed by atoms with van der Waals surface area (Å²) >= 11 is 0. The van der Waals surface area contributed by atoms with E-state index < -0.39 is 11.9 Å². The molecular formula is C28H29N3O6. The number of benzene rings is 3. The molecule has 1 aliphatic rings. The molecule has 1 fully saturated rings. The highest BCUT2D eigenvalue weighted by Gasteiger charge is 2.25. The van der Waals surface area contributed by atoms with E-state index in [1.807, 2.05) is 23.1 Å². The summed E-state index contributed by atoms with van der Waals surface area (Å²) in [5.41, 5.74) is 2.49. The molecule has 192 valence electrons. The number of anilines is 2. The molecule has 9 heteroatoms. The molecule has 3 aromatic carbocycles. The van der Waals surface area contributed by atoms with E-state index in [9.17, 15) is 14.4 Å². The average Bonchev–Trinajstić information content (AvgIpc) is 2.96. The third kappa shape index (κ3) is 5.83. The largest absolute Gasteiger partial charge is 0.497 e. The number of methoxy groups -OCH3 is 3. The van der Waals surface area contributed by atoms with Crippen LogP contribution in [0, 0.1) is 0 Å². The number of nitrogens with zero attached hydrogens (tertiary/aromatic N) is 2. The molecule has 1 saturated heterocycles. The maximum Gasteiger partial charge on any atom is 0.337 e. The quantitative estimate of drug-likeness (QED) is 0.491. The van der Waals surface area contributed by atoms with Gasteiger partial charge in [0.2, 0.25) is 0 Å². The zero-order chi connectivity index (χ0) is 26.4. The molecule has 0 atom stereocenters. The molecule has 0 bridgehead atoms. The lowest BCUT2D eigenvalue weighted by molar-refractivity contribution is 0.0600. The van der Waals surface area contributed by atoms with Gasteiger partial charge in [-0.15, -0.1) is 0 Å². The third-order valence-electron chi connectivity index (χ3n) is 6.21. The number of ether oxygens (including phenoxy) is 3. The predicted molar refractivity (Wildman–Crippen MR) is 140 cm³/mol. The van der Waals surface area contributed by atoms with E-state index in [0.29, 0.717) is 60.1 Å². The fourth-order valence-corrected chi connectivity index (χ4v) is 4.20. The normalized spacial score (nSPS) is 13.1. The molecule has 0 radical (unpaired) electrons. The van der Waals surface area contributed by atoms with E-state index in [0.717, 1.165) is 5.69 Å². The topological polar surface area (TPSA) is 97.4 Å². The Morgan fingerprint density at radius 1 is 0.730 bits per heavy atom. The first-order chi connectivity index (χ1) is 17.9. The van der Waals surface area contributed by atoms with Gasteiger partial charge in [0.05, 0.1) is 38.3 Å². The summed E-state index contributed by atoms with van der Waals surface area (Å²) in [4.78, 5) is 42.2. The number of nitrogens with one attached hydrogen (secondary N) is 1. The first-order valence-corrected chi connectivity index (χ1v) is 11.8. The summed E-state index contributed by atoms with van der Waals surface area (Å²) in [5, 5.41) is 2.93. The number of carbonyl (C=O) groups is 3. The van der Waals surface area contributed by atoms with Crippen LogP contribution in [0.15, 0.2) is 66.7 Å². The number of esters is 1. The van der Waals surface area contributed by atoms with Crippen LogP contribution >= 0.6 is 0 Å². The molecule has 4 rings (SSSR count). The lowest BCUT2D eigenvalue weighted by Gasteiger charge is -2.37. The Balaban J connectivity index is 1.57. The van der Waals surface area contributed by atoms with Crippen molar-refractivity contribution >= 4 is 29.2 Å². The molecule has 3 aromatic rings. The minimum absolute atomic E-state index is 0.0122. The van der Waals surface area contributed by atoms with E-state index in [2.05, 4.69) is 10.2 Å². The number of hydrogen-bond acceptors (Lipinski definition) is 7. The van der Waals surface area contributed by atoms with E-state index >= 15 is 0 Å². The third-order valence-corrected chi connectivity index (χ3v) is 6.21. The van der Waals surface area contributed by atoms with Crippen LogP contribution in [0.25, 0.3) is 0 Å². The fourth-order valence-electron chi connectivity index (χ4n) is 4.20. The Kier molecular flexibility index (Phi) is 7.92. The maximum absolute atomic E-state index is 13.2. The lowest BCUT2D eigenvalue weighted by atomic mass is 10.1. The van der Waals surface area contributed by atoms with Crippen LogP contribution in [0.2, 0.25) is 0 Å². The SMILES string of the molecule is COC(=O)c1ccc(N2CCN(C(=O)c3ccccc3)CC2)c(NC(=O)c2cc(OC)cc(OC)c2)c1. The van der Waals surface area contributed by atoms with Crippen molar-refractivity contribution in [1.82, 2.24) is 4.90 Å². The van der Waals surface area contributed by atoms with E-state index in [-0.39, 0.29) is 5.91 Å². The van der Waals surface area contributed by atoms with Gasteiger partial charge in [0.25, 0.3) is 11.8 Å². The van der Waals surface area contributed by atoms with E-state index in [1.165, 1.54) is 21.3 Å². The van der Waals surface area contributed by atoms with Crippen LogP contribution in [0.3, 0.4) is 0 Å². The van der Waals surface area contributed by atoms with Gasteiger partial charge in [-0.25, -0.2) is 4.79 Å². The Hall–Kier alpha value is -4.53. The smallest absolute Gasteiger partial charge is 0.337 e. The summed E-state index contributed by atoms with van der Waals surface area (Å²) < 4.78 is 15.4. The second-order valence-corrected chi connectivity index (χ2v) is 8.42.